The van der Waals surface area contributed by atoms with E-state index in [1.807, 2.05) is 7.05 Å². The molecule has 0 saturated heterocycles. The third-order valence-electron chi connectivity index (χ3n) is 4.02. The summed E-state index contributed by atoms with van der Waals surface area (Å²) >= 11 is 0. The number of hydrogen-bond acceptors (Lipinski definition) is 4. The average molecular weight is 287 g/mol. The number of amides is 3. The van der Waals surface area contributed by atoms with E-state index < -0.39 is 0 Å². The Morgan fingerprint density at radius 2 is 1.95 bits per heavy atom. The first-order valence-electron chi connectivity index (χ1n) is 6.95. The average Bonchev–Trinajstić information content (AvgIpc) is 3.31. The molecular formula is C15H17N3O3. The number of anilines is 1. The zero-order chi connectivity index (χ0) is 15.1. The maximum atomic E-state index is 11.9. The summed E-state index contributed by atoms with van der Waals surface area (Å²) in [5, 5.41) is 3.01. The summed E-state index contributed by atoms with van der Waals surface area (Å²) in [6.07, 6.45) is 2.15. The van der Waals surface area contributed by atoms with E-state index >= 15 is 0 Å². The van der Waals surface area contributed by atoms with E-state index in [0.29, 0.717) is 22.9 Å². The first kappa shape index (κ1) is 13.6. The van der Waals surface area contributed by atoms with Crippen LogP contribution < -0.4 is 5.32 Å². The van der Waals surface area contributed by atoms with Crippen LogP contribution in [0.1, 0.15) is 33.6 Å². The van der Waals surface area contributed by atoms with Gasteiger partial charge in [0.05, 0.1) is 17.7 Å². The van der Waals surface area contributed by atoms with Crippen LogP contribution in [-0.2, 0) is 4.79 Å². The number of carbonyl (C=O) groups is 3. The highest BCUT2D eigenvalue weighted by atomic mass is 16.2. The maximum absolute atomic E-state index is 11.9. The zero-order valence-electron chi connectivity index (χ0n) is 12.0. The molecule has 1 aliphatic carbocycles. The van der Waals surface area contributed by atoms with Gasteiger partial charge in [-0.2, -0.15) is 0 Å². The smallest absolute Gasteiger partial charge is 0.261 e. The van der Waals surface area contributed by atoms with Crippen LogP contribution >= 0.6 is 0 Å². The SMILES string of the molecule is CN1C(=O)c2ccc(NCC(=O)N(C)C3CC3)cc2C1=O. The van der Waals surface area contributed by atoms with Crippen molar-refractivity contribution in [3.63, 3.8) is 0 Å². The second-order valence-corrected chi connectivity index (χ2v) is 5.52. The predicted octanol–water partition coefficient (Wildman–Crippen LogP) is 0.945. The number of likely N-dealkylation sites (N-methyl/N-ethyl adjacent to an activating group) is 1. The predicted molar refractivity (Wildman–Crippen MR) is 77.1 cm³/mol. The van der Waals surface area contributed by atoms with Crippen molar-refractivity contribution in [2.75, 3.05) is 26.0 Å². The second-order valence-electron chi connectivity index (χ2n) is 5.52. The molecule has 0 atom stereocenters. The quantitative estimate of drug-likeness (QED) is 0.837. The van der Waals surface area contributed by atoms with Crippen LogP contribution in [0.5, 0.6) is 0 Å². The lowest BCUT2D eigenvalue weighted by atomic mass is 10.1. The molecule has 1 N–H and O–H groups in total. The largest absolute Gasteiger partial charge is 0.376 e. The van der Waals surface area contributed by atoms with Gasteiger partial charge in [-0.1, -0.05) is 0 Å². The minimum Gasteiger partial charge on any atom is -0.376 e. The standard InChI is InChI=1S/C15H17N3O3/c1-17(10-4-5-10)13(19)8-16-9-3-6-11-12(7-9)15(21)18(2)14(11)20/h3,6-7,10,16H,4-5,8H2,1-2H3. The lowest BCUT2D eigenvalue weighted by molar-refractivity contribution is -0.128. The van der Waals surface area contributed by atoms with Crippen molar-refractivity contribution in [3.8, 4) is 0 Å². The van der Waals surface area contributed by atoms with Gasteiger partial charge in [0.25, 0.3) is 11.8 Å². The van der Waals surface area contributed by atoms with Crippen molar-refractivity contribution >= 4 is 23.4 Å². The van der Waals surface area contributed by atoms with E-state index in [0.717, 1.165) is 17.7 Å². The number of carbonyl (C=O) groups excluding carboxylic acids is 3. The zero-order valence-corrected chi connectivity index (χ0v) is 12.0. The molecule has 1 heterocycles. The molecule has 0 spiro atoms. The van der Waals surface area contributed by atoms with Gasteiger partial charge in [0, 0.05) is 25.8 Å². The van der Waals surface area contributed by atoms with Gasteiger partial charge in [-0.05, 0) is 31.0 Å². The third kappa shape index (κ3) is 2.37. The summed E-state index contributed by atoms with van der Waals surface area (Å²) in [6, 6.07) is 5.35. The van der Waals surface area contributed by atoms with Crippen molar-refractivity contribution in [2.45, 2.75) is 18.9 Å². The molecule has 6 heteroatoms. The molecule has 1 saturated carbocycles. The number of nitrogens with one attached hydrogen (secondary N) is 1. The molecule has 1 aliphatic heterocycles. The van der Waals surface area contributed by atoms with E-state index in [9.17, 15) is 14.4 Å². The summed E-state index contributed by atoms with van der Waals surface area (Å²) in [5.74, 6) is -0.566. The minimum absolute atomic E-state index is 0.0255. The molecule has 0 bridgehead atoms. The molecule has 1 aromatic rings. The van der Waals surface area contributed by atoms with Crippen LogP contribution in [0.2, 0.25) is 0 Å². The normalized spacial score (nSPS) is 17.0. The Balaban J connectivity index is 1.69. The lowest BCUT2D eigenvalue weighted by Crippen LogP contribution is -2.33. The lowest BCUT2D eigenvalue weighted by Gasteiger charge is -2.17. The van der Waals surface area contributed by atoms with Crippen LogP contribution in [0.15, 0.2) is 18.2 Å². The van der Waals surface area contributed by atoms with Gasteiger partial charge in [-0.25, -0.2) is 0 Å². The Bertz CT molecular complexity index is 637. The number of benzene rings is 1. The van der Waals surface area contributed by atoms with Gasteiger partial charge >= 0.3 is 0 Å². The Kier molecular flexibility index (Phi) is 3.16. The number of imide groups is 1. The van der Waals surface area contributed by atoms with Gasteiger partial charge in [0.1, 0.15) is 0 Å². The van der Waals surface area contributed by atoms with Crippen LogP contribution in [-0.4, -0.2) is 54.2 Å². The Hall–Kier alpha value is -2.37. The molecule has 0 radical (unpaired) electrons. The number of fused-ring (bicyclic) bond motifs is 1. The van der Waals surface area contributed by atoms with E-state index in [4.69, 9.17) is 0 Å². The number of nitrogens with zero attached hydrogens (tertiary/aromatic N) is 2. The van der Waals surface area contributed by atoms with E-state index in [-0.39, 0.29) is 24.3 Å². The van der Waals surface area contributed by atoms with Gasteiger partial charge in [0.2, 0.25) is 5.91 Å². The molecule has 1 aromatic carbocycles. The van der Waals surface area contributed by atoms with Gasteiger partial charge in [-0.15, -0.1) is 0 Å². The highest BCUT2D eigenvalue weighted by Crippen LogP contribution is 2.26. The highest BCUT2D eigenvalue weighted by Gasteiger charge is 2.33. The Morgan fingerprint density at radius 3 is 2.62 bits per heavy atom. The van der Waals surface area contributed by atoms with Gasteiger partial charge < -0.3 is 10.2 Å². The van der Waals surface area contributed by atoms with Crippen molar-refractivity contribution < 1.29 is 14.4 Å². The summed E-state index contributed by atoms with van der Waals surface area (Å²) in [5.41, 5.74) is 1.47. The summed E-state index contributed by atoms with van der Waals surface area (Å²) in [4.78, 5) is 38.5. The van der Waals surface area contributed by atoms with E-state index in [1.54, 1.807) is 23.1 Å². The highest BCUT2D eigenvalue weighted by molar-refractivity contribution is 6.21. The minimum atomic E-state index is -0.305. The molecule has 0 unspecified atom stereocenters. The molecule has 110 valence electrons. The fraction of sp³-hybridized carbons (Fsp3) is 0.400. The number of hydrogen-bond donors (Lipinski definition) is 1. The summed E-state index contributed by atoms with van der Waals surface area (Å²) < 4.78 is 0. The topological polar surface area (TPSA) is 69.7 Å². The maximum Gasteiger partial charge on any atom is 0.261 e. The monoisotopic (exact) mass is 287 g/mol. The molecule has 3 rings (SSSR count). The fourth-order valence-corrected chi connectivity index (χ4v) is 2.44. The van der Waals surface area contributed by atoms with E-state index in [1.165, 1.54) is 7.05 Å². The molecule has 2 aliphatic rings. The molecule has 6 nitrogen and oxygen atoms in total. The van der Waals surface area contributed by atoms with Gasteiger partial charge in [0.15, 0.2) is 0 Å². The number of rotatable bonds is 4. The van der Waals surface area contributed by atoms with Crippen molar-refractivity contribution in [3.05, 3.63) is 29.3 Å². The van der Waals surface area contributed by atoms with Crippen LogP contribution in [0.25, 0.3) is 0 Å². The van der Waals surface area contributed by atoms with Gasteiger partial charge in [-0.3, -0.25) is 19.3 Å². The molecular weight excluding hydrogens is 270 g/mol. The fourth-order valence-electron chi connectivity index (χ4n) is 2.44. The van der Waals surface area contributed by atoms with Crippen LogP contribution in [0.4, 0.5) is 5.69 Å². The van der Waals surface area contributed by atoms with Crippen molar-refractivity contribution in [2.24, 2.45) is 0 Å². The molecule has 0 aromatic heterocycles. The molecule has 21 heavy (non-hydrogen) atoms. The van der Waals surface area contributed by atoms with Crippen molar-refractivity contribution in [1.82, 2.24) is 9.80 Å². The Labute approximate surface area is 122 Å². The molecule has 3 amide bonds. The summed E-state index contributed by atoms with van der Waals surface area (Å²) in [6.45, 7) is 0.184. The first-order chi connectivity index (χ1) is 9.99. The van der Waals surface area contributed by atoms with Crippen molar-refractivity contribution in [1.29, 1.82) is 0 Å². The van der Waals surface area contributed by atoms with Crippen LogP contribution in [0, 0.1) is 0 Å². The first-order valence-corrected chi connectivity index (χ1v) is 6.95. The Morgan fingerprint density at radius 1 is 1.29 bits per heavy atom. The third-order valence-corrected chi connectivity index (χ3v) is 4.02. The second kappa shape index (κ2) is 4.87. The summed E-state index contributed by atoms with van der Waals surface area (Å²) in [7, 11) is 3.27. The van der Waals surface area contributed by atoms with E-state index in [2.05, 4.69) is 5.32 Å². The van der Waals surface area contributed by atoms with Crippen LogP contribution in [0.3, 0.4) is 0 Å². The molecule has 1 fully saturated rings.